The zero-order chi connectivity index (χ0) is 23.7. The van der Waals surface area contributed by atoms with Crippen LogP contribution >= 0.6 is 0 Å². The van der Waals surface area contributed by atoms with E-state index >= 15 is 0 Å². The first kappa shape index (κ1) is 23.0. The van der Waals surface area contributed by atoms with Gasteiger partial charge in [0.2, 0.25) is 0 Å². The highest BCUT2D eigenvalue weighted by atomic mass is 16.5. The summed E-state index contributed by atoms with van der Waals surface area (Å²) in [7, 11) is 1.66. The van der Waals surface area contributed by atoms with Crippen LogP contribution in [-0.2, 0) is 6.54 Å². The summed E-state index contributed by atoms with van der Waals surface area (Å²) < 4.78 is 7.50. The second-order valence-corrected chi connectivity index (χ2v) is 10.3. The van der Waals surface area contributed by atoms with Crippen LogP contribution in [0.2, 0.25) is 0 Å². The van der Waals surface area contributed by atoms with Gasteiger partial charge in [-0.2, -0.15) is 0 Å². The first-order valence-corrected chi connectivity index (χ1v) is 12.8. The van der Waals surface area contributed by atoms with Crippen molar-refractivity contribution in [2.24, 2.45) is 5.92 Å². The average molecular weight is 465 g/mol. The van der Waals surface area contributed by atoms with Crippen LogP contribution < -0.4 is 10.3 Å². The Balaban J connectivity index is 1.54. The van der Waals surface area contributed by atoms with Gasteiger partial charge in [0.15, 0.2) is 5.82 Å². The maximum absolute atomic E-state index is 13.1. The third kappa shape index (κ3) is 4.48. The lowest BCUT2D eigenvalue weighted by molar-refractivity contribution is 0.0826. The fraction of sp³-hybridized carbons (Fsp3) is 0.615. The van der Waals surface area contributed by atoms with Crippen molar-refractivity contribution in [1.29, 1.82) is 0 Å². The Morgan fingerprint density at radius 2 is 1.85 bits per heavy atom. The summed E-state index contributed by atoms with van der Waals surface area (Å²) in [6.45, 7) is 5.07. The largest absolute Gasteiger partial charge is 0.497 e. The number of tetrazole rings is 1. The van der Waals surface area contributed by atoms with E-state index in [0.29, 0.717) is 24.5 Å². The van der Waals surface area contributed by atoms with E-state index in [9.17, 15) is 4.79 Å². The van der Waals surface area contributed by atoms with Gasteiger partial charge >= 0.3 is 0 Å². The second kappa shape index (κ2) is 9.86. The molecule has 0 bridgehead atoms. The maximum Gasteiger partial charge on any atom is 0.252 e. The van der Waals surface area contributed by atoms with Gasteiger partial charge in [0.1, 0.15) is 5.75 Å². The van der Waals surface area contributed by atoms with Crippen LogP contribution in [0, 0.1) is 5.92 Å². The van der Waals surface area contributed by atoms with Crippen molar-refractivity contribution >= 4 is 10.9 Å². The van der Waals surface area contributed by atoms with Crippen LogP contribution in [0.15, 0.2) is 29.1 Å². The minimum absolute atomic E-state index is 0.0291. The summed E-state index contributed by atoms with van der Waals surface area (Å²) in [6, 6.07) is 8.64. The normalized spacial score (nSPS) is 18.5. The highest BCUT2D eigenvalue weighted by molar-refractivity contribution is 5.80. The average Bonchev–Trinajstić information content (AvgIpc) is 3.61. The first-order chi connectivity index (χ1) is 16.5. The number of aromatic amines is 1. The molecule has 2 heterocycles. The van der Waals surface area contributed by atoms with Gasteiger partial charge in [-0.25, -0.2) is 4.68 Å². The minimum Gasteiger partial charge on any atom is -0.497 e. The molecule has 2 aliphatic rings. The van der Waals surface area contributed by atoms with Crippen molar-refractivity contribution in [3.8, 4) is 5.75 Å². The Bertz CT molecular complexity index is 1170. The number of aromatic nitrogens is 5. The van der Waals surface area contributed by atoms with Crippen molar-refractivity contribution in [2.75, 3.05) is 7.11 Å². The van der Waals surface area contributed by atoms with Gasteiger partial charge in [-0.1, -0.05) is 39.5 Å². The third-order valence-electron chi connectivity index (χ3n) is 7.72. The van der Waals surface area contributed by atoms with Gasteiger partial charge in [-0.3, -0.25) is 9.69 Å². The molecule has 2 fully saturated rings. The number of rotatable bonds is 8. The van der Waals surface area contributed by atoms with E-state index < -0.39 is 0 Å². The number of benzene rings is 1. The fourth-order valence-corrected chi connectivity index (χ4v) is 6.00. The summed E-state index contributed by atoms with van der Waals surface area (Å²) in [5.74, 6) is 2.05. The topological polar surface area (TPSA) is 88.9 Å². The molecule has 2 aromatic heterocycles. The number of pyridine rings is 1. The van der Waals surface area contributed by atoms with Gasteiger partial charge in [0, 0.05) is 29.1 Å². The smallest absolute Gasteiger partial charge is 0.252 e. The molecule has 1 N–H and O–H groups in total. The third-order valence-corrected chi connectivity index (χ3v) is 7.72. The molecule has 0 radical (unpaired) electrons. The van der Waals surface area contributed by atoms with Gasteiger partial charge in [0.25, 0.3) is 5.56 Å². The molecule has 2 saturated carbocycles. The van der Waals surface area contributed by atoms with E-state index in [0.717, 1.165) is 53.7 Å². The monoisotopic (exact) mass is 464 g/mol. The molecule has 1 atom stereocenters. The highest BCUT2D eigenvalue weighted by Crippen LogP contribution is 2.38. The molecule has 34 heavy (non-hydrogen) atoms. The van der Waals surface area contributed by atoms with Gasteiger partial charge in [-0.15, -0.1) is 5.10 Å². The Kier molecular flexibility index (Phi) is 6.68. The second-order valence-electron chi connectivity index (χ2n) is 10.3. The Labute approximate surface area is 200 Å². The Morgan fingerprint density at radius 3 is 2.56 bits per heavy atom. The maximum atomic E-state index is 13.1. The van der Waals surface area contributed by atoms with Crippen molar-refractivity contribution in [3.63, 3.8) is 0 Å². The number of nitrogens with zero attached hydrogens (tertiary/aromatic N) is 5. The molecule has 5 rings (SSSR count). The molecule has 0 amide bonds. The van der Waals surface area contributed by atoms with Crippen LogP contribution in [0.25, 0.3) is 10.9 Å². The SMILES string of the molecule is COc1ccc2[nH]c(=O)c(CN(C3CCCC3)[C@H](c3nnnn3C3CCCC3)C(C)C)cc2c1. The van der Waals surface area contributed by atoms with Gasteiger partial charge < -0.3 is 9.72 Å². The van der Waals surface area contributed by atoms with Crippen LogP contribution in [0.3, 0.4) is 0 Å². The zero-order valence-electron chi connectivity index (χ0n) is 20.5. The molecule has 0 aliphatic heterocycles. The van der Waals surface area contributed by atoms with E-state index in [2.05, 4.69) is 43.9 Å². The van der Waals surface area contributed by atoms with Crippen molar-refractivity contribution in [3.05, 3.63) is 46.0 Å². The summed E-state index contributed by atoms with van der Waals surface area (Å²) in [5, 5.41) is 14.1. The van der Waals surface area contributed by atoms with Gasteiger partial charge in [-0.05, 0) is 66.3 Å². The quantitative estimate of drug-likeness (QED) is 0.516. The molecule has 0 unspecified atom stereocenters. The highest BCUT2D eigenvalue weighted by Gasteiger charge is 2.36. The van der Waals surface area contributed by atoms with Crippen LogP contribution in [0.4, 0.5) is 0 Å². The predicted molar refractivity (Wildman–Crippen MR) is 132 cm³/mol. The molecule has 3 aromatic rings. The number of hydrogen-bond donors (Lipinski definition) is 1. The predicted octanol–water partition coefficient (Wildman–Crippen LogP) is 4.78. The summed E-state index contributed by atoms with van der Waals surface area (Å²) >= 11 is 0. The zero-order valence-corrected chi connectivity index (χ0v) is 20.5. The molecule has 8 nitrogen and oxygen atoms in total. The number of nitrogens with one attached hydrogen (secondary N) is 1. The molecule has 8 heteroatoms. The van der Waals surface area contributed by atoms with Crippen molar-refractivity contribution in [1.82, 2.24) is 30.1 Å². The summed E-state index contributed by atoms with van der Waals surface area (Å²) in [4.78, 5) is 18.7. The molecular weight excluding hydrogens is 428 g/mol. The summed E-state index contributed by atoms with van der Waals surface area (Å²) in [5.41, 5.74) is 1.57. The first-order valence-electron chi connectivity index (χ1n) is 12.8. The van der Waals surface area contributed by atoms with E-state index in [1.54, 1.807) is 7.11 Å². The standard InChI is InChI=1S/C26H36N6O2/c1-17(2)24(25-28-29-30-32(25)21-10-6-7-11-21)31(20-8-4-5-9-20)16-19-14-18-15-22(34-3)12-13-23(18)27-26(19)33/h12-15,17,20-21,24H,4-11,16H2,1-3H3,(H,27,33)/t24-/m0/s1. The lowest BCUT2D eigenvalue weighted by Gasteiger charge is -2.38. The Morgan fingerprint density at radius 1 is 1.12 bits per heavy atom. The van der Waals surface area contributed by atoms with E-state index in [4.69, 9.17) is 4.74 Å². The molecular formula is C26H36N6O2. The summed E-state index contributed by atoms with van der Waals surface area (Å²) in [6.07, 6.45) is 9.49. The Hall–Kier alpha value is -2.74. The van der Waals surface area contributed by atoms with Crippen molar-refractivity contribution in [2.45, 2.75) is 89.9 Å². The van der Waals surface area contributed by atoms with E-state index in [1.807, 2.05) is 24.3 Å². The number of hydrogen-bond acceptors (Lipinski definition) is 6. The van der Waals surface area contributed by atoms with Gasteiger partial charge in [0.05, 0.1) is 19.2 Å². The molecule has 182 valence electrons. The number of methoxy groups -OCH3 is 1. The molecule has 0 spiro atoms. The number of ether oxygens (including phenoxy) is 1. The molecule has 0 saturated heterocycles. The molecule has 1 aromatic carbocycles. The van der Waals surface area contributed by atoms with Crippen LogP contribution in [0.1, 0.15) is 88.7 Å². The number of H-pyrrole nitrogens is 1. The van der Waals surface area contributed by atoms with Crippen LogP contribution in [0.5, 0.6) is 5.75 Å². The lowest BCUT2D eigenvalue weighted by Crippen LogP contribution is -2.41. The minimum atomic E-state index is -0.0291. The number of fused-ring (bicyclic) bond motifs is 1. The van der Waals surface area contributed by atoms with Crippen LogP contribution in [-0.4, -0.2) is 43.2 Å². The van der Waals surface area contributed by atoms with Crippen molar-refractivity contribution < 1.29 is 4.74 Å². The fourth-order valence-electron chi connectivity index (χ4n) is 6.00. The van der Waals surface area contributed by atoms with E-state index in [1.165, 1.54) is 25.7 Å². The lowest BCUT2D eigenvalue weighted by atomic mass is 9.97. The molecule has 2 aliphatic carbocycles. The van der Waals surface area contributed by atoms with E-state index in [-0.39, 0.29) is 11.6 Å².